The van der Waals surface area contributed by atoms with E-state index in [0.29, 0.717) is 0 Å². The van der Waals surface area contributed by atoms with Crippen LogP contribution in [0.5, 0.6) is 0 Å². The Kier molecular flexibility index (Phi) is 6.85. The van der Waals surface area contributed by atoms with Gasteiger partial charge in [0.05, 0.1) is 0 Å². The SMILES string of the molecule is C1CCC(PC2CCCCC2)CC1.[Li+]. The molecule has 0 heterocycles. The molecule has 2 aliphatic rings. The molecule has 0 amide bonds. The van der Waals surface area contributed by atoms with Crippen molar-refractivity contribution in [2.24, 2.45) is 0 Å². The molecule has 0 nitrogen and oxygen atoms in total. The molecule has 0 aromatic heterocycles. The second-order valence-electron chi connectivity index (χ2n) is 4.84. The molecular weight excluding hydrogens is 182 g/mol. The molecule has 2 fully saturated rings. The Morgan fingerprint density at radius 2 is 0.929 bits per heavy atom. The number of hydrogen-bond donors (Lipinski definition) is 0. The molecule has 0 spiro atoms. The monoisotopic (exact) mass is 205 g/mol. The molecule has 2 heteroatoms. The van der Waals surface area contributed by atoms with Crippen LogP contribution >= 0.6 is 8.58 Å². The smallest absolute Gasteiger partial charge is 0.116 e. The molecule has 0 aromatic rings. The fraction of sp³-hybridized carbons (Fsp3) is 1.00. The van der Waals surface area contributed by atoms with Gasteiger partial charge in [-0.25, -0.2) is 0 Å². The van der Waals surface area contributed by atoms with E-state index in [2.05, 4.69) is 0 Å². The zero-order valence-corrected chi connectivity index (χ0v) is 10.7. The van der Waals surface area contributed by atoms with Crippen LogP contribution in [0, 0.1) is 0 Å². The topological polar surface area (TPSA) is 0 Å². The standard InChI is InChI=1S/C12H23P.Li/c1-3-7-11(8-4-1)13-12-9-5-2-6-10-12;/h11-13H,1-10H2;/q;+1. The van der Waals surface area contributed by atoms with E-state index in [9.17, 15) is 0 Å². The first kappa shape index (κ1) is 13.1. The zero-order chi connectivity index (χ0) is 8.93. The van der Waals surface area contributed by atoms with Gasteiger partial charge >= 0.3 is 18.9 Å². The van der Waals surface area contributed by atoms with Crippen molar-refractivity contribution in [1.29, 1.82) is 0 Å². The summed E-state index contributed by atoms with van der Waals surface area (Å²) in [5, 5.41) is 0. The van der Waals surface area contributed by atoms with E-state index in [4.69, 9.17) is 0 Å². The molecule has 0 atom stereocenters. The van der Waals surface area contributed by atoms with Gasteiger partial charge in [-0.2, -0.15) is 0 Å². The summed E-state index contributed by atoms with van der Waals surface area (Å²) in [5.74, 6) is 0. The van der Waals surface area contributed by atoms with E-state index in [1.54, 1.807) is 25.7 Å². The van der Waals surface area contributed by atoms with Crippen LogP contribution in [-0.4, -0.2) is 11.3 Å². The van der Waals surface area contributed by atoms with Crippen molar-refractivity contribution < 1.29 is 18.9 Å². The summed E-state index contributed by atoms with van der Waals surface area (Å²) in [5.41, 5.74) is 2.30. The molecule has 2 rings (SSSR count). The quantitative estimate of drug-likeness (QED) is 0.471. The Morgan fingerprint density at radius 3 is 1.29 bits per heavy atom. The van der Waals surface area contributed by atoms with E-state index in [1.165, 1.54) is 47.1 Å². The molecule has 0 bridgehead atoms. The van der Waals surface area contributed by atoms with E-state index in [0.717, 1.165) is 11.3 Å². The van der Waals surface area contributed by atoms with Crippen LogP contribution < -0.4 is 18.9 Å². The van der Waals surface area contributed by atoms with Crippen molar-refractivity contribution in [3.8, 4) is 0 Å². The van der Waals surface area contributed by atoms with Gasteiger partial charge in [-0.3, -0.25) is 0 Å². The van der Waals surface area contributed by atoms with Crippen molar-refractivity contribution >= 4 is 8.58 Å². The first-order valence-corrected chi connectivity index (χ1v) is 7.37. The van der Waals surface area contributed by atoms with Crippen LogP contribution in [0.3, 0.4) is 0 Å². The minimum absolute atomic E-state index is 0. The predicted octanol–water partition coefficient (Wildman–Crippen LogP) is 1.33. The van der Waals surface area contributed by atoms with Gasteiger partial charge in [0.15, 0.2) is 0 Å². The van der Waals surface area contributed by atoms with Crippen molar-refractivity contribution in [3.05, 3.63) is 0 Å². The van der Waals surface area contributed by atoms with Crippen LogP contribution in [0.15, 0.2) is 0 Å². The average Bonchev–Trinajstić information content (AvgIpc) is 2.21. The summed E-state index contributed by atoms with van der Waals surface area (Å²) in [6.07, 6.45) is 15.4. The van der Waals surface area contributed by atoms with Crippen LogP contribution in [0.4, 0.5) is 0 Å². The molecule has 0 radical (unpaired) electrons. The Bertz CT molecular complexity index is 121. The fourth-order valence-corrected chi connectivity index (χ4v) is 5.02. The summed E-state index contributed by atoms with van der Waals surface area (Å²) < 4.78 is 0. The summed E-state index contributed by atoms with van der Waals surface area (Å²) in [7, 11) is 1.33. The van der Waals surface area contributed by atoms with Gasteiger partial charge in [-0.1, -0.05) is 38.5 Å². The van der Waals surface area contributed by atoms with E-state index < -0.39 is 0 Å². The Morgan fingerprint density at radius 1 is 0.571 bits per heavy atom. The normalized spacial score (nSPS) is 25.7. The van der Waals surface area contributed by atoms with Crippen molar-refractivity contribution in [1.82, 2.24) is 0 Å². The molecule has 0 aliphatic heterocycles. The average molecular weight is 205 g/mol. The largest absolute Gasteiger partial charge is 1.00 e. The van der Waals surface area contributed by atoms with Gasteiger partial charge in [0.25, 0.3) is 0 Å². The minimum atomic E-state index is 0. The van der Waals surface area contributed by atoms with Crippen molar-refractivity contribution in [2.75, 3.05) is 0 Å². The summed E-state index contributed by atoms with van der Waals surface area (Å²) in [4.78, 5) is 0. The zero-order valence-electron chi connectivity index (χ0n) is 9.73. The molecule has 76 valence electrons. The third-order valence-electron chi connectivity index (χ3n) is 3.68. The first-order valence-electron chi connectivity index (χ1n) is 6.21. The summed E-state index contributed by atoms with van der Waals surface area (Å²) >= 11 is 0. The van der Waals surface area contributed by atoms with Gasteiger partial charge in [-0.15, -0.1) is 8.58 Å². The van der Waals surface area contributed by atoms with E-state index in [-0.39, 0.29) is 18.9 Å². The minimum Gasteiger partial charge on any atom is -0.116 e. The molecule has 0 aromatic carbocycles. The number of rotatable bonds is 2. The van der Waals surface area contributed by atoms with Crippen molar-refractivity contribution in [2.45, 2.75) is 75.5 Å². The van der Waals surface area contributed by atoms with E-state index >= 15 is 0 Å². The Labute approximate surface area is 103 Å². The molecule has 2 saturated carbocycles. The van der Waals surface area contributed by atoms with Crippen LogP contribution in [0.25, 0.3) is 0 Å². The maximum Gasteiger partial charge on any atom is 1.00 e. The van der Waals surface area contributed by atoms with Crippen LogP contribution in [0.2, 0.25) is 0 Å². The first-order chi connectivity index (χ1) is 6.45. The maximum atomic E-state index is 1.56. The molecule has 0 unspecified atom stereocenters. The second kappa shape index (κ2) is 7.33. The third-order valence-corrected chi connectivity index (χ3v) is 5.78. The van der Waals surface area contributed by atoms with Crippen LogP contribution in [0.1, 0.15) is 64.2 Å². The summed E-state index contributed by atoms with van der Waals surface area (Å²) in [6, 6.07) is 0. The molecule has 0 saturated heterocycles. The van der Waals surface area contributed by atoms with Crippen LogP contribution in [-0.2, 0) is 0 Å². The maximum absolute atomic E-state index is 1.56. The van der Waals surface area contributed by atoms with Gasteiger partial charge in [0.2, 0.25) is 0 Å². The number of hydrogen-bond acceptors (Lipinski definition) is 0. The Balaban J connectivity index is 0.000000980. The third kappa shape index (κ3) is 4.26. The molecule has 0 N–H and O–H groups in total. The second-order valence-corrected chi connectivity index (χ2v) is 6.80. The molecule has 14 heavy (non-hydrogen) atoms. The van der Waals surface area contributed by atoms with Gasteiger partial charge in [-0.05, 0) is 37.0 Å². The van der Waals surface area contributed by atoms with E-state index in [1.807, 2.05) is 0 Å². The predicted molar refractivity (Wildman–Crippen MR) is 62.1 cm³/mol. The molecule has 2 aliphatic carbocycles. The summed E-state index contributed by atoms with van der Waals surface area (Å²) in [6.45, 7) is 0. The Hall–Kier alpha value is 1.03. The van der Waals surface area contributed by atoms with Crippen molar-refractivity contribution in [3.63, 3.8) is 0 Å². The molecular formula is C12H23LiP+. The van der Waals surface area contributed by atoms with Gasteiger partial charge in [0, 0.05) is 0 Å². The van der Waals surface area contributed by atoms with Gasteiger partial charge < -0.3 is 0 Å². The van der Waals surface area contributed by atoms with Gasteiger partial charge in [0.1, 0.15) is 0 Å². The fourth-order valence-electron chi connectivity index (χ4n) is 2.87.